The Balaban J connectivity index is 1.59. The highest BCUT2D eigenvalue weighted by Gasteiger charge is 2.67. The Bertz CT molecular complexity index is 779. The molecule has 0 amide bonds. The van der Waals surface area contributed by atoms with Gasteiger partial charge in [-0.2, -0.15) is 0 Å². The third kappa shape index (κ3) is 2.65. The van der Waals surface area contributed by atoms with Gasteiger partial charge in [-0.15, -0.1) is 0 Å². The second-order valence-corrected chi connectivity index (χ2v) is 14.7. The average Bonchev–Trinajstić information content (AvgIpc) is 2.69. The minimum Gasteiger partial charge on any atom is -0.393 e. The number of aliphatic hydroxyl groups excluding tert-OH is 1. The SMILES string of the molecule is C[C@H]1[C@H]2C3=CC[C@H]4[C@@]5(C)CC[C@H](O)C(C)(C)[C@@H]5CC[C@]4(C)[C@]3(C)CC[C@@]2(C)CC[C@@H]1C. The third-order valence-electron chi connectivity index (χ3n) is 13.4. The Morgan fingerprint density at radius 3 is 2.23 bits per heavy atom. The molecule has 0 bridgehead atoms. The van der Waals surface area contributed by atoms with Gasteiger partial charge in [-0.05, 0) is 114 Å². The van der Waals surface area contributed by atoms with E-state index in [1.54, 1.807) is 0 Å². The molecule has 0 aromatic rings. The van der Waals surface area contributed by atoms with Crippen LogP contribution in [0.4, 0.5) is 0 Å². The highest BCUT2D eigenvalue weighted by molar-refractivity contribution is 5.33. The van der Waals surface area contributed by atoms with Gasteiger partial charge in [-0.1, -0.05) is 67.0 Å². The van der Waals surface area contributed by atoms with Gasteiger partial charge in [0.15, 0.2) is 0 Å². The molecule has 1 nitrogen and oxygen atoms in total. The number of fused-ring (bicyclic) bond motifs is 7. The van der Waals surface area contributed by atoms with E-state index in [1.807, 2.05) is 5.57 Å². The first kappa shape index (κ1) is 22.5. The molecule has 0 heterocycles. The maximum Gasteiger partial charge on any atom is 0.0594 e. The lowest BCUT2D eigenvalue weighted by Gasteiger charge is -2.71. The molecule has 1 heteroatoms. The van der Waals surface area contributed by atoms with Crippen LogP contribution in [-0.2, 0) is 0 Å². The Labute approximate surface area is 192 Å². The predicted molar refractivity (Wildman–Crippen MR) is 131 cm³/mol. The Hall–Kier alpha value is -0.300. The molecule has 4 fully saturated rings. The quantitative estimate of drug-likeness (QED) is 0.389. The molecule has 0 radical (unpaired) electrons. The first-order valence-corrected chi connectivity index (χ1v) is 13.7. The number of allylic oxidation sites excluding steroid dienone is 2. The molecule has 0 unspecified atom stereocenters. The van der Waals surface area contributed by atoms with Crippen molar-refractivity contribution in [1.29, 1.82) is 0 Å². The lowest BCUT2D eigenvalue weighted by Crippen LogP contribution is -2.64. The fourth-order valence-corrected chi connectivity index (χ4v) is 10.8. The van der Waals surface area contributed by atoms with Gasteiger partial charge < -0.3 is 5.11 Å². The molecule has 1 N–H and O–H groups in total. The molecular weight excluding hydrogens is 376 g/mol. The zero-order valence-corrected chi connectivity index (χ0v) is 21.9. The minimum absolute atomic E-state index is 0.0533. The van der Waals surface area contributed by atoms with E-state index in [0.717, 1.165) is 30.1 Å². The number of hydrogen-bond acceptors (Lipinski definition) is 1. The topological polar surface area (TPSA) is 20.2 Å². The van der Waals surface area contributed by atoms with Gasteiger partial charge in [0.05, 0.1) is 6.10 Å². The second-order valence-electron chi connectivity index (χ2n) is 14.7. The van der Waals surface area contributed by atoms with Crippen LogP contribution < -0.4 is 0 Å². The van der Waals surface area contributed by atoms with Crippen LogP contribution in [0.5, 0.6) is 0 Å². The van der Waals surface area contributed by atoms with E-state index in [-0.39, 0.29) is 11.5 Å². The van der Waals surface area contributed by atoms with Crippen LogP contribution in [0.25, 0.3) is 0 Å². The van der Waals surface area contributed by atoms with Crippen molar-refractivity contribution in [2.45, 2.75) is 119 Å². The van der Waals surface area contributed by atoms with E-state index >= 15 is 0 Å². The molecule has 0 aliphatic heterocycles. The van der Waals surface area contributed by atoms with Crippen LogP contribution in [0, 0.1) is 56.7 Å². The van der Waals surface area contributed by atoms with Gasteiger partial charge in [0.1, 0.15) is 0 Å². The molecule has 31 heavy (non-hydrogen) atoms. The Kier molecular flexibility index (Phi) is 4.82. The molecular formula is C30H50O. The van der Waals surface area contributed by atoms with Crippen molar-refractivity contribution >= 4 is 0 Å². The summed E-state index contributed by atoms with van der Waals surface area (Å²) in [5.74, 6) is 3.90. The van der Waals surface area contributed by atoms with Crippen LogP contribution in [0.3, 0.4) is 0 Å². The van der Waals surface area contributed by atoms with Gasteiger partial charge in [-0.3, -0.25) is 0 Å². The summed E-state index contributed by atoms with van der Waals surface area (Å²) in [6, 6.07) is 0. The van der Waals surface area contributed by atoms with E-state index in [2.05, 4.69) is 61.5 Å². The van der Waals surface area contributed by atoms with Gasteiger partial charge >= 0.3 is 0 Å². The van der Waals surface area contributed by atoms with Crippen LogP contribution >= 0.6 is 0 Å². The van der Waals surface area contributed by atoms with Crippen molar-refractivity contribution < 1.29 is 5.11 Å². The summed E-state index contributed by atoms with van der Waals surface area (Å²) >= 11 is 0. The number of aliphatic hydroxyl groups is 1. The highest BCUT2D eigenvalue weighted by Crippen LogP contribution is 2.75. The second kappa shape index (κ2) is 6.64. The summed E-state index contributed by atoms with van der Waals surface area (Å²) in [7, 11) is 0. The standard InChI is InChI=1S/C30H50O/c1-19-11-14-27(5)17-18-29(7)21(25(27)20(19)2)9-10-23-28(6)15-13-24(31)26(3,4)22(28)12-16-30(23,29)8/h9,19-20,22-25,31H,10-18H2,1-8H3/t19-,20+,22-,23-,24-,25-,27+,28-,29+,30-/m0/s1. The highest BCUT2D eigenvalue weighted by atomic mass is 16.3. The average molecular weight is 427 g/mol. The molecule has 4 saturated carbocycles. The molecule has 0 aromatic heterocycles. The number of hydrogen-bond donors (Lipinski definition) is 1. The van der Waals surface area contributed by atoms with E-state index in [4.69, 9.17) is 0 Å². The summed E-state index contributed by atoms with van der Waals surface area (Å²) in [6.45, 7) is 20.5. The van der Waals surface area contributed by atoms with Crippen molar-refractivity contribution in [2.24, 2.45) is 56.7 Å². The van der Waals surface area contributed by atoms with Gasteiger partial charge in [-0.25, -0.2) is 0 Å². The normalized spacial score (nSPS) is 58.3. The molecule has 0 aromatic carbocycles. The number of rotatable bonds is 0. The maximum absolute atomic E-state index is 10.9. The van der Waals surface area contributed by atoms with Crippen molar-refractivity contribution in [3.8, 4) is 0 Å². The largest absolute Gasteiger partial charge is 0.393 e. The lowest BCUT2D eigenvalue weighted by atomic mass is 9.33. The predicted octanol–water partition coefficient (Wildman–Crippen LogP) is 8.02. The van der Waals surface area contributed by atoms with Crippen LogP contribution in [-0.4, -0.2) is 11.2 Å². The zero-order chi connectivity index (χ0) is 22.6. The van der Waals surface area contributed by atoms with Crippen molar-refractivity contribution in [1.82, 2.24) is 0 Å². The zero-order valence-electron chi connectivity index (χ0n) is 21.9. The molecule has 5 aliphatic carbocycles. The summed E-state index contributed by atoms with van der Waals surface area (Å²) in [5.41, 5.74) is 3.60. The van der Waals surface area contributed by atoms with E-state index in [0.29, 0.717) is 27.6 Å². The summed E-state index contributed by atoms with van der Waals surface area (Å²) in [4.78, 5) is 0. The molecule has 176 valence electrons. The fraction of sp³-hybridized carbons (Fsp3) is 0.933. The van der Waals surface area contributed by atoms with Crippen molar-refractivity contribution in [2.75, 3.05) is 0 Å². The maximum atomic E-state index is 10.9. The molecule has 0 spiro atoms. The smallest absolute Gasteiger partial charge is 0.0594 e. The van der Waals surface area contributed by atoms with E-state index < -0.39 is 0 Å². The first-order chi connectivity index (χ1) is 14.3. The van der Waals surface area contributed by atoms with Crippen molar-refractivity contribution in [3.63, 3.8) is 0 Å². The van der Waals surface area contributed by atoms with Crippen molar-refractivity contribution in [3.05, 3.63) is 11.6 Å². The summed E-state index contributed by atoms with van der Waals surface area (Å²) in [5, 5.41) is 10.9. The van der Waals surface area contributed by atoms with E-state index in [1.165, 1.54) is 51.4 Å². The van der Waals surface area contributed by atoms with Crippen LogP contribution in [0.2, 0.25) is 0 Å². The minimum atomic E-state index is -0.125. The fourth-order valence-electron chi connectivity index (χ4n) is 10.8. The molecule has 5 rings (SSSR count). The van der Waals surface area contributed by atoms with Crippen LogP contribution in [0.15, 0.2) is 11.6 Å². The summed E-state index contributed by atoms with van der Waals surface area (Å²) in [6.07, 6.45) is 14.5. The first-order valence-electron chi connectivity index (χ1n) is 13.7. The van der Waals surface area contributed by atoms with Gasteiger partial charge in [0.25, 0.3) is 0 Å². The van der Waals surface area contributed by atoms with Crippen LogP contribution in [0.1, 0.15) is 113 Å². The van der Waals surface area contributed by atoms with Gasteiger partial charge in [0.2, 0.25) is 0 Å². The Morgan fingerprint density at radius 1 is 0.806 bits per heavy atom. The summed E-state index contributed by atoms with van der Waals surface area (Å²) < 4.78 is 0. The van der Waals surface area contributed by atoms with Gasteiger partial charge in [0, 0.05) is 0 Å². The third-order valence-corrected chi connectivity index (χ3v) is 13.4. The monoisotopic (exact) mass is 426 g/mol. The molecule has 5 aliphatic rings. The molecule has 0 saturated heterocycles. The van der Waals surface area contributed by atoms with E-state index in [9.17, 15) is 5.11 Å². The lowest BCUT2D eigenvalue weighted by molar-refractivity contribution is -0.203. The molecule has 10 atom stereocenters. The Morgan fingerprint density at radius 2 is 1.52 bits per heavy atom.